The summed E-state index contributed by atoms with van der Waals surface area (Å²) in [4.78, 5) is 0. The molecule has 0 aromatic rings. The van der Waals surface area contributed by atoms with Crippen molar-refractivity contribution in [1.82, 2.24) is 0 Å². The molecule has 0 unspecified atom stereocenters. The minimum Gasteiger partial charge on any atom is 0 e. The molecule has 0 spiro atoms. The summed E-state index contributed by atoms with van der Waals surface area (Å²) in [5.41, 5.74) is 0. The third kappa shape index (κ3) is 18.5. The third-order valence-electron chi connectivity index (χ3n) is 0. The molecule has 0 rings (SSSR count). The molecule has 0 N–H and O–H groups in total. The van der Waals surface area contributed by atoms with E-state index in [1.165, 1.54) is 0 Å². The topological polar surface area (TPSA) is 17.1 Å². The second-order valence-corrected chi connectivity index (χ2v) is 0. The van der Waals surface area contributed by atoms with Crippen LogP contribution >= 0.6 is 0 Å². The largest absolute Gasteiger partial charge is 2.00 e. The quantitative estimate of drug-likeness (QED) is 0.402. The van der Waals surface area contributed by atoms with Crippen molar-refractivity contribution in [3.8, 4) is 0 Å². The Kier molecular flexibility index (Phi) is 122. The molecule has 0 atom stereocenters. The Morgan fingerprint density at radius 3 is 1.40 bits per heavy atom. The van der Waals surface area contributed by atoms with Crippen molar-refractivity contribution in [2.75, 3.05) is 0 Å². The minimum atomic E-state index is 0. The molecule has 0 heterocycles. The predicted octanol–water partition coefficient (Wildman–Crippen LogP) is -3.16. The monoisotopic (exact) mass is 385 g/mol. The molecular formula is H3LiOSrTaZr. The second kappa shape index (κ2) is 25.9. The van der Waals surface area contributed by atoms with Crippen LogP contribution in [0.2, 0.25) is 0 Å². The van der Waals surface area contributed by atoms with Gasteiger partial charge >= 0.3 is 91.9 Å². The average Bonchev–Trinajstić information content (AvgIpc) is 1.00. The summed E-state index contributed by atoms with van der Waals surface area (Å²) in [5.74, 6) is 0. The summed E-state index contributed by atoms with van der Waals surface area (Å²) >= 11 is 0.300. The molecule has 0 saturated carbocycles. The molecule has 0 fully saturated rings. The first kappa shape index (κ1) is 23.6. The Balaban J connectivity index is -0.000000000333. The van der Waals surface area contributed by atoms with Gasteiger partial charge in [-0.05, 0) is 0 Å². The zero-order valence-corrected chi connectivity index (χ0v) is 12.2. The van der Waals surface area contributed by atoms with Gasteiger partial charge in [0.15, 0.2) is 0 Å². The normalized spacial score (nSPS) is 0.600. The van der Waals surface area contributed by atoms with Crippen molar-refractivity contribution < 1.29 is 73.1 Å². The van der Waals surface area contributed by atoms with Crippen LogP contribution in [-0.2, 0) is 49.9 Å². The summed E-state index contributed by atoms with van der Waals surface area (Å²) in [6, 6.07) is 0. The van der Waals surface area contributed by atoms with Gasteiger partial charge in [0.2, 0.25) is 0 Å². The molecular weight excluding hydrogens is 383 g/mol. The van der Waals surface area contributed by atoms with Gasteiger partial charge in [0.25, 0.3) is 0 Å². The van der Waals surface area contributed by atoms with Crippen LogP contribution in [0.4, 0.5) is 0 Å². The molecule has 21 valence electrons. The van der Waals surface area contributed by atoms with Crippen molar-refractivity contribution in [3.63, 3.8) is 0 Å². The molecule has 0 aromatic heterocycles. The van der Waals surface area contributed by atoms with Crippen molar-refractivity contribution in [2.45, 2.75) is 0 Å². The van der Waals surface area contributed by atoms with Gasteiger partial charge in [-0.1, -0.05) is 0 Å². The molecule has 0 amide bonds. The smallest absolute Gasteiger partial charge is 0 e. The Bertz CT molecular complexity index is 19.2. The molecule has 0 saturated heterocycles. The van der Waals surface area contributed by atoms with Crippen LogP contribution in [0.3, 0.4) is 0 Å². The zero-order valence-electron chi connectivity index (χ0n) is 6.06. The molecule has 1 radical (unpaired) electrons. The van der Waals surface area contributed by atoms with Gasteiger partial charge in [0.05, 0.1) is 0 Å². The molecule has 0 bridgehead atoms. The van der Waals surface area contributed by atoms with Crippen LogP contribution in [0.15, 0.2) is 0 Å². The summed E-state index contributed by atoms with van der Waals surface area (Å²) in [6.45, 7) is 0. The summed E-state index contributed by atoms with van der Waals surface area (Å²) in [5, 5.41) is 0. The second-order valence-electron chi connectivity index (χ2n) is 0. The van der Waals surface area contributed by atoms with E-state index in [1.54, 1.807) is 0 Å². The van der Waals surface area contributed by atoms with Gasteiger partial charge in [-0.25, -0.2) is 0 Å². The molecule has 0 aliphatic rings. The van der Waals surface area contributed by atoms with E-state index in [4.69, 9.17) is 2.81 Å². The molecule has 5 heavy (non-hydrogen) atoms. The zero-order chi connectivity index (χ0) is 2.00. The first-order chi connectivity index (χ1) is 1.00. The van der Waals surface area contributed by atoms with Crippen molar-refractivity contribution in [1.29, 1.82) is 0 Å². The Morgan fingerprint density at radius 1 is 1.40 bits per heavy atom. The fourth-order valence-electron chi connectivity index (χ4n) is 0. The first-order valence-electron chi connectivity index (χ1n) is 0.204. The summed E-state index contributed by atoms with van der Waals surface area (Å²) < 4.78 is 8.34. The fourth-order valence-corrected chi connectivity index (χ4v) is 0. The Morgan fingerprint density at radius 2 is 1.40 bits per heavy atom. The van der Waals surface area contributed by atoms with Crippen LogP contribution in [-0.4, -0.2) is 45.5 Å². The van der Waals surface area contributed by atoms with E-state index in [1.807, 2.05) is 0 Å². The van der Waals surface area contributed by atoms with Gasteiger partial charge in [-0.2, -0.15) is 0 Å². The maximum atomic E-state index is 8.34. The maximum Gasteiger partial charge on any atom is 2.00 e. The van der Waals surface area contributed by atoms with E-state index in [0.717, 1.165) is 0 Å². The van der Waals surface area contributed by atoms with E-state index in [9.17, 15) is 0 Å². The Labute approximate surface area is 116 Å². The molecule has 0 aliphatic heterocycles. The van der Waals surface area contributed by atoms with E-state index in [2.05, 4.69) is 0 Å². The molecule has 5 heteroatoms. The van der Waals surface area contributed by atoms with E-state index in [0.29, 0.717) is 24.7 Å². The van der Waals surface area contributed by atoms with Crippen LogP contribution in [0.5, 0.6) is 0 Å². The van der Waals surface area contributed by atoms with Gasteiger partial charge in [0, 0.05) is 22.4 Å². The molecule has 0 aromatic carbocycles. The summed E-state index contributed by atoms with van der Waals surface area (Å²) in [7, 11) is 0. The SMILES string of the molecule is [H-].[H-].[H-].[Li+].[O]=[Zr].[Sr+2].[Ta]. The fraction of sp³-hybridized carbons (Fsp3) is 0. The van der Waals surface area contributed by atoms with E-state index >= 15 is 0 Å². The van der Waals surface area contributed by atoms with Crippen LogP contribution < -0.4 is 18.9 Å². The van der Waals surface area contributed by atoms with Gasteiger partial charge < -0.3 is 4.28 Å². The minimum absolute atomic E-state index is 0. The van der Waals surface area contributed by atoms with Crippen LogP contribution in [0.25, 0.3) is 0 Å². The number of hydrogen-bond acceptors (Lipinski definition) is 1. The van der Waals surface area contributed by atoms with Gasteiger partial charge in [0.1, 0.15) is 0 Å². The Hall–Kier alpha value is 3.50. The van der Waals surface area contributed by atoms with Gasteiger partial charge in [-0.15, -0.1) is 0 Å². The van der Waals surface area contributed by atoms with E-state index < -0.39 is 0 Å². The molecule has 1 nitrogen and oxygen atoms in total. The van der Waals surface area contributed by atoms with Gasteiger partial charge in [-0.3, -0.25) is 0 Å². The van der Waals surface area contributed by atoms with E-state index in [-0.39, 0.29) is 91.0 Å². The van der Waals surface area contributed by atoms with Crippen molar-refractivity contribution in [2.24, 2.45) is 0 Å². The summed E-state index contributed by atoms with van der Waals surface area (Å²) in [6.07, 6.45) is 0. The molecule has 0 aliphatic carbocycles. The van der Waals surface area contributed by atoms with Crippen LogP contribution in [0, 0.1) is 0 Å². The predicted molar refractivity (Wildman–Crippen MR) is 9.78 cm³/mol. The average molecular weight is 386 g/mol. The first-order valence-corrected chi connectivity index (χ1v) is 1.21. The maximum absolute atomic E-state index is 8.34. The standard InChI is InChI=1S/Li.O.Sr.Ta.Zr.3H/q+1;;+2;;;3*-1. The third-order valence-corrected chi connectivity index (χ3v) is 0. The number of rotatable bonds is 0. The van der Waals surface area contributed by atoms with Crippen molar-refractivity contribution >= 4 is 45.5 Å². The van der Waals surface area contributed by atoms with Crippen molar-refractivity contribution in [3.05, 3.63) is 0 Å². The number of hydrogen-bond donors (Lipinski definition) is 0. The van der Waals surface area contributed by atoms with Crippen LogP contribution in [0.1, 0.15) is 4.28 Å².